The van der Waals surface area contributed by atoms with Crippen LogP contribution in [-0.2, 0) is 6.42 Å². The van der Waals surface area contributed by atoms with Crippen LogP contribution >= 0.6 is 23.2 Å². The van der Waals surface area contributed by atoms with Gasteiger partial charge in [-0.1, -0.05) is 49.5 Å². The standard InChI is InChI=1S/C15H22Cl2N2/c1-15(2)7-3-4-11(15)14(19-18)9-10-5-6-12(16)13(17)8-10/h5-6,8,11,14,19H,3-4,7,9,18H2,1-2H3. The summed E-state index contributed by atoms with van der Waals surface area (Å²) in [4.78, 5) is 0. The summed E-state index contributed by atoms with van der Waals surface area (Å²) in [6.07, 6.45) is 4.69. The molecule has 0 amide bonds. The molecule has 1 aromatic carbocycles. The fourth-order valence-corrected chi connectivity index (χ4v) is 3.66. The molecule has 0 radical (unpaired) electrons. The summed E-state index contributed by atoms with van der Waals surface area (Å²) in [6, 6.07) is 6.11. The van der Waals surface area contributed by atoms with Crippen LogP contribution < -0.4 is 11.3 Å². The van der Waals surface area contributed by atoms with Crippen LogP contribution in [0.15, 0.2) is 18.2 Å². The Balaban J connectivity index is 2.12. The molecule has 1 aromatic rings. The fraction of sp³-hybridized carbons (Fsp3) is 0.600. The summed E-state index contributed by atoms with van der Waals surface area (Å²) in [5, 5.41) is 1.21. The molecule has 2 unspecified atom stereocenters. The summed E-state index contributed by atoms with van der Waals surface area (Å²) >= 11 is 12.0. The van der Waals surface area contributed by atoms with Crippen LogP contribution in [0.2, 0.25) is 10.0 Å². The molecule has 1 aliphatic rings. The molecule has 1 saturated carbocycles. The minimum absolute atomic E-state index is 0.287. The number of hydrogen-bond acceptors (Lipinski definition) is 2. The Hall–Kier alpha value is -0.280. The number of hydrogen-bond donors (Lipinski definition) is 2. The first-order chi connectivity index (χ1) is 8.94. The van der Waals surface area contributed by atoms with Crippen molar-refractivity contribution in [2.75, 3.05) is 0 Å². The Morgan fingerprint density at radius 1 is 1.37 bits per heavy atom. The number of hydrazine groups is 1. The molecule has 106 valence electrons. The van der Waals surface area contributed by atoms with Crippen molar-refractivity contribution >= 4 is 23.2 Å². The van der Waals surface area contributed by atoms with Crippen LogP contribution in [0, 0.1) is 11.3 Å². The Labute approximate surface area is 125 Å². The van der Waals surface area contributed by atoms with Gasteiger partial charge in [-0.05, 0) is 48.3 Å². The summed E-state index contributed by atoms with van der Waals surface area (Å²) in [7, 11) is 0. The summed E-state index contributed by atoms with van der Waals surface area (Å²) < 4.78 is 0. The molecule has 4 heteroatoms. The van der Waals surface area contributed by atoms with Crippen molar-refractivity contribution in [3.63, 3.8) is 0 Å². The lowest BCUT2D eigenvalue weighted by Crippen LogP contribution is -2.45. The van der Waals surface area contributed by atoms with E-state index in [4.69, 9.17) is 29.0 Å². The second kappa shape index (κ2) is 6.01. The molecular weight excluding hydrogens is 279 g/mol. The van der Waals surface area contributed by atoms with Crippen molar-refractivity contribution in [3.8, 4) is 0 Å². The van der Waals surface area contributed by atoms with Crippen molar-refractivity contribution in [3.05, 3.63) is 33.8 Å². The van der Waals surface area contributed by atoms with E-state index < -0.39 is 0 Å². The molecule has 1 aliphatic carbocycles. The van der Waals surface area contributed by atoms with Crippen LogP contribution in [0.3, 0.4) is 0 Å². The maximum atomic E-state index is 6.07. The minimum Gasteiger partial charge on any atom is -0.271 e. The number of benzene rings is 1. The molecule has 0 spiro atoms. The third-order valence-corrected chi connectivity index (χ3v) is 5.22. The Morgan fingerprint density at radius 3 is 2.63 bits per heavy atom. The Bertz CT molecular complexity index is 446. The van der Waals surface area contributed by atoms with Crippen LogP contribution in [0.5, 0.6) is 0 Å². The highest BCUT2D eigenvalue weighted by molar-refractivity contribution is 6.42. The van der Waals surface area contributed by atoms with E-state index in [2.05, 4.69) is 19.3 Å². The highest BCUT2D eigenvalue weighted by Gasteiger charge is 2.39. The van der Waals surface area contributed by atoms with E-state index in [1.54, 1.807) is 0 Å². The van der Waals surface area contributed by atoms with E-state index in [0.29, 0.717) is 21.4 Å². The number of rotatable bonds is 4. The first-order valence-electron chi connectivity index (χ1n) is 6.84. The molecule has 2 nitrogen and oxygen atoms in total. The minimum atomic E-state index is 0.287. The van der Waals surface area contributed by atoms with Crippen LogP contribution in [0.25, 0.3) is 0 Å². The fourth-order valence-electron chi connectivity index (χ4n) is 3.34. The van der Waals surface area contributed by atoms with Gasteiger partial charge < -0.3 is 0 Å². The van der Waals surface area contributed by atoms with Gasteiger partial charge >= 0.3 is 0 Å². The van der Waals surface area contributed by atoms with E-state index in [1.165, 1.54) is 24.8 Å². The molecule has 0 bridgehead atoms. The van der Waals surface area contributed by atoms with E-state index in [1.807, 2.05) is 18.2 Å². The lowest BCUT2D eigenvalue weighted by Gasteiger charge is -2.34. The van der Waals surface area contributed by atoms with Gasteiger partial charge in [0.25, 0.3) is 0 Å². The number of halogens is 2. The smallest absolute Gasteiger partial charge is 0.0595 e. The van der Waals surface area contributed by atoms with Crippen LogP contribution in [-0.4, -0.2) is 6.04 Å². The van der Waals surface area contributed by atoms with Crippen LogP contribution in [0.4, 0.5) is 0 Å². The maximum Gasteiger partial charge on any atom is 0.0595 e. The molecule has 1 fully saturated rings. The molecule has 0 aliphatic heterocycles. The molecule has 0 aromatic heterocycles. The van der Waals surface area contributed by atoms with Crippen molar-refractivity contribution in [2.45, 2.75) is 45.6 Å². The summed E-state index contributed by atoms with van der Waals surface area (Å²) in [5.41, 5.74) is 4.54. The van der Waals surface area contributed by atoms with Gasteiger partial charge in [0.15, 0.2) is 0 Å². The maximum absolute atomic E-state index is 6.07. The lowest BCUT2D eigenvalue weighted by atomic mass is 9.76. The largest absolute Gasteiger partial charge is 0.271 e. The average Bonchev–Trinajstić information content (AvgIpc) is 2.70. The quantitative estimate of drug-likeness (QED) is 0.646. The Morgan fingerprint density at radius 2 is 2.11 bits per heavy atom. The molecule has 0 heterocycles. The SMILES string of the molecule is CC1(C)CCCC1C(Cc1ccc(Cl)c(Cl)c1)NN. The third kappa shape index (κ3) is 3.43. The lowest BCUT2D eigenvalue weighted by molar-refractivity contribution is 0.196. The van der Waals surface area contributed by atoms with Gasteiger partial charge in [-0.2, -0.15) is 0 Å². The molecule has 2 rings (SSSR count). The average molecular weight is 301 g/mol. The highest BCUT2D eigenvalue weighted by atomic mass is 35.5. The summed E-state index contributed by atoms with van der Waals surface area (Å²) in [6.45, 7) is 4.67. The van der Waals surface area contributed by atoms with Crippen molar-refractivity contribution < 1.29 is 0 Å². The Kier molecular flexibility index (Phi) is 4.78. The normalized spacial score (nSPS) is 23.5. The van der Waals surface area contributed by atoms with Gasteiger partial charge in [-0.3, -0.25) is 11.3 Å². The predicted molar refractivity (Wildman–Crippen MR) is 82.4 cm³/mol. The zero-order chi connectivity index (χ0) is 14.0. The summed E-state index contributed by atoms with van der Waals surface area (Å²) in [5.74, 6) is 6.38. The zero-order valence-corrected chi connectivity index (χ0v) is 13.1. The second-order valence-electron chi connectivity index (χ2n) is 6.21. The van der Waals surface area contributed by atoms with E-state index in [0.717, 1.165) is 6.42 Å². The van der Waals surface area contributed by atoms with Gasteiger partial charge in [0.2, 0.25) is 0 Å². The van der Waals surface area contributed by atoms with Gasteiger partial charge in [-0.15, -0.1) is 0 Å². The predicted octanol–water partition coefficient (Wildman–Crippen LogP) is 4.19. The molecule has 3 N–H and O–H groups in total. The molecule has 19 heavy (non-hydrogen) atoms. The van der Waals surface area contributed by atoms with E-state index in [9.17, 15) is 0 Å². The van der Waals surface area contributed by atoms with Gasteiger partial charge in [0.05, 0.1) is 10.0 Å². The van der Waals surface area contributed by atoms with E-state index in [-0.39, 0.29) is 6.04 Å². The second-order valence-corrected chi connectivity index (χ2v) is 7.03. The first-order valence-corrected chi connectivity index (χ1v) is 7.59. The highest BCUT2D eigenvalue weighted by Crippen LogP contribution is 2.44. The van der Waals surface area contributed by atoms with Crippen molar-refractivity contribution in [1.82, 2.24) is 5.43 Å². The third-order valence-electron chi connectivity index (χ3n) is 4.48. The zero-order valence-electron chi connectivity index (χ0n) is 11.5. The molecule has 0 saturated heterocycles. The van der Waals surface area contributed by atoms with Gasteiger partial charge in [0.1, 0.15) is 0 Å². The first kappa shape index (κ1) is 15.1. The van der Waals surface area contributed by atoms with Crippen LogP contribution in [0.1, 0.15) is 38.7 Å². The number of nitrogens with one attached hydrogen (secondary N) is 1. The van der Waals surface area contributed by atoms with Crippen molar-refractivity contribution in [1.29, 1.82) is 0 Å². The molecular formula is C15H22Cl2N2. The number of nitrogens with two attached hydrogens (primary N) is 1. The van der Waals surface area contributed by atoms with Gasteiger partial charge in [0, 0.05) is 6.04 Å². The molecule has 2 atom stereocenters. The van der Waals surface area contributed by atoms with Gasteiger partial charge in [-0.25, -0.2) is 0 Å². The monoisotopic (exact) mass is 300 g/mol. The van der Waals surface area contributed by atoms with E-state index >= 15 is 0 Å². The topological polar surface area (TPSA) is 38.0 Å². The van der Waals surface area contributed by atoms with Crippen molar-refractivity contribution in [2.24, 2.45) is 17.2 Å².